The van der Waals surface area contributed by atoms with Crippen molar-refractivity contribution < 1.29 is 9.90 Å². The predicted octanol–water partition coefficient (Wildman–Crippen LogP) is 0.189. The van der Waals surface area contributed by atoms with E-state index in [1.807, 2.05) is 0 Å². The highest BCUT2D eigenvalue weighted by Gasteiger charge is 2.25. The SMILES string of the molecule is C=CCCC(C)(O)C(N)=O. The third-order valence-electron chi connectivity index (χ3n) is 1.37. The summed E-state index contributed by atoms with van der Waals surface area (Å²) in [4.78, 5) is 10.5. The Morgan fingerprint density at radius 1 is 1.90 bits per heavy atom. The molecule has 1 unspecified atom stereocenters. The van der Waals surface area contributed by atoms with E-state index in [0.29, 0.717) is 12.8 Å². The maximum absolute atomic E-state index is 10.5. The van der Waals surface area contributed by atoms with Crippen LogP contribution < -0.4 is 5.73 Å². The van der Waals surface area contributed by atoms with Crippen molar-refractivity contribution in [1.82, 2.24) is 0 Å². The highest BCUT2D eigenvalue weighted by Crippen LogP contribution is 2.10. The van der Waals surface area contributed by atoms with Crippen LogP contribution in [0.4, 0.5) is 0 Å². The number of carbonyl (C=O) groups excluding carboxylic acids is 1. The summed E-state index contributed by atoms with van der Waals surface area (Å²) >= 11 is 0. The van der Waals surface area contributed by atoms with Crippen molar-refractivity contribution >= 4 is 5.91 Å². The van der Waals surface area contributed by atoms with Crippen LogP contribution in [0.1, 0.15) is 19.8 Å². The summed E-state index contributed by atoms with van der Waals surface area (Å²) in [6, 6.07) is 0. The van der Waals surface area contributed by atoms with E-state index < -0.39 is 11.5 Å². The van der Waals surface area contributed by atoms with Crippen LogP contribution in [0.25, 0.3) is 0 Å². The molecular weight excluding hydrogens is 130 g/mol. The van der Waals surface area contributed by atoms with Crippen LogP contribution in [-0.4, -0.2) is 16.6 Å². The van der Waals surface area contributed by atoms with Crippen LogP contribution in [0.15, 0.2) is 12.7 Å². The summed E-state index contributed by atoms with van der Waals surface area (Å²) in [5.41, 5.74) is 3.51. The first-order valence-electron chi connectivity index (χ1n) is 3.14. The first-order valence-corrected chi connectivity index (χ1v) is 3.14. The summed E-state index contributed by atoms with van der Waals surface area (Å²) in [6.07, 6.45) is 2.57. The molecule has 0 aromatic rings. The number of amides is 1. The molecule has 0 aliphatic rings. The lowest BCUT2D eigenvalue weighted by Gasteiger charge is -2.17. The van der Waals surface area contributed by atoms with Gasteiger partial charge in [0.15, 0.2) is 0 Å². The Hall–Kier alpha value is -0.830. The highest BCUT2D eigenvalue weighted by molar-refractivity contribution is 5.82. The minimum atomic E-state index is -1.38. The monoisotopic (exact) mass is 143 g/mol. The number of nitrogens with two attached hydrogens (primary N) is 1. The largest absolute Gasteiger partial charge is 0.380 e. The molecule has 58 valence electrons. The van der Waals surface area contributed by atoms with Crippen molar-refractivity contribution in [2.24, 2.45) is 5.73 Å². The number of allylic oxidation sites excluding steroid dienone is 1. The second kappa shape index (κ2) is 3.37. The van der Waals surface area contributed by atoms with Gasteiger partial charge in [-0.2, -0.15) is 0 Å². The molecule has 0 heterocycles. The third kappa shape index (κ3) is 2.64. The lowest BCUT2D eigenvalue weighted by atomic mass is 10.00. The Kier molecular flexibility index (Phi) is 3.09. The standard InChI is InChI=1S/C7H13NO2/c1-3-4-5-7(2,10)6(8)9/h3,10H,1,4-5H2,2H3,(H2,8,9). The zero-order valence-corrected chi connectivity index (χ0v) is 6.13. The summed E-state index contributed by atoms with van der Waals surface area (Å²) < 4.78 is 0. The average molecular weight is 143 g/mol. The van der Waals surface area contributed by atoms with E-state index in [1.54, 1.807) is 6.08 Å². The van der Waals surface area contributed by atoms with Crippen molar-refractivity contribution in [1.29, 1.82) is 0 Å². The zero-order valence-electron chi connectivity index (χ0n) is 6.13. The van der Waals surface area contributed by atoms with Gasteiger partial charge in [0, 0.05) is 0 Å². The smallest absolute Gasteiger partial charge is 0.249 e. The molecule has 0 aromatic carbocycles. The molecule has 0 spiro atoms. The van der Waals surface area contributed by atoms with E-state index in [9.17, 15) is 9.90 Å². The molecule has 1 amide bonds. The summed E-state index contributed by atoms with van der Waals surface area (Å²) in [5.74, 6) is -0.686. The number of hydrogen-bond donors (Lipinski definition) is 2. The first-order chi connectivity index (χ1) is 4.50. The van der Waals surface area contributed by atoms with Gasteiger partial charge in [-0.25, -0.2) is 0 Å². The topological polar surface area (TPSA) is 63.3 Å². The van der Waals surface area contributed by atoms with Crippen molar-refractivity contribution in [3.8, 4) is 0 Å². The maximum atomic E-state index is 10.5. The minimum Gasteiger partial charge on any atom is -0.380 e. The molecule has 0 aromatic heterocycles. The molecule has 1 atom stereocenters. The Morgan fingerprint density at radius 2 is 2.40 bits per heavy atom. The van der Waals surface area contributed by atoms with Crippen LogP contribution in [-0.2, 0) is 4.79 Å². The maximum Gasteiger partial charge on any atom is 0.249 e. The van der Waals surface area contributed by atoms with Crippen LogP contribution in [0.5, 0.6) is 0 Å². The second-order valence-corrected chi connectivity index (χ2v) is 2.47. The van der Waals surface area contributed by atoms with Crippen molar-refractivity contribution in [2.75, 3.05) is 0 Å². The molecular formula is C7H13NO2. The van der Waals surface area contributed by atoms with Gasteiger partial charge in [0.2, 0.25) is 5.91 Å². The summed E-state index contributed by atoms with van der Waals surface area (Å²) in [6.45, 7) is 4.86. The van der Waals surface area contributed by atoms with E-state index in [0.717, 1.165) is 0 Å². The molecule has 3 nitrogen and oxygen atoms in total. The van der Waals surface area contributed by atoms with E-state index in [-0.39, 0.29) is 0 Å². The van der Waals surface area contributed by atoms with Gasteiger partial charge >= 0.3 is 0 Å². The van der Waals surface area contributed by atoms with Gasteiger partial charge in [-0.3, -0.25) is 4.79 Å². The van der Waals surface area contributed by atoms with E-state index >= 15 is 0 Å². The van der Waals surface area contributed by atoms with Gasteiger partial charge in [0.1, 0.15) is 5.60 Å². The molecule has 10 heavy (non-hydrogen) atoms. The van der Waals surface area contributed by atoms with E-state index in [4.69, 9.17) is 5.73 Å². The number of hydrogen-bond acceptors (Lipinski definition) is 2. The molecule has 3 N–H and O–H groups in total. The molecule has 0 bridgehead atoms. The zero-order chi connectivity index (χ0) is 8.20. The summed E-state index contributed by atoms with van der Waals surface area (Å²) in [7, 11) is 0. The lowest BCUT2D eigenvalue weighted by molar-refractivity contribution is -0.135. The van der Waals surface area contributed by atoms with Gasteiger partial charge in [0.05, 0.1) is 0 Å². The van der Waals surface area contributed by atoms with E-state index in [1.165, 1.54) is 6.92 Å². The molecule has 0 fully saturated rings. The van der Waals surface area contributed by atoms with Crippen molar-refractivity contribution in [3.63, 3.8) is 0 Å². The van der Waals surface area contributed by atoms with Gasteiger partial charge in [-0.05, 0) is 19.8 Å². The quantitative estimate of drug-likeness (QED) is 0.552. The molecule has 0 saturated carbocycles. The number of carbonyl (C=O) groups is 1. The second-order valence-electron chi connectivity index (χ2n) is 2.47. The lowest BCUT2D eigenvalue weighted by Crippen LogP contribution is -2.40. The predicted molar refractivity (Wildman–Crippen MR) is 39.2 cm³/mol. The molecule has 0 aliphatic heterocycles. The van der Waals surface area contributed by atoms with Crippen LogP contribution >= 0.6 is 0 Å². The Balaban J connectivity index is 3.86. The fourth-order valence-corrected chi connectivity index (χ4v) is 0.506. The number of rotatable bonds is 4. The van der Waals surface area contributed by atoms with Gasteiger partial charge < -0.3 is 10.8 Å². The normalized spacial score (nSPS) is 15.8. The third-order valence-corrected chi connectivity index (χ3v) is 1.37. The van der Waals surface area contributed by atoms with Gasteiger partial charge in [0.25, 0.3) is 0 Å². The molecule has 3 heteroatoms. The highest BCUT2D eigenvalue weighted by atomic mass is 16.3. The van der Waals surface area contributed by atoms with Crippen molar-refractivity contribution in [2.45, 2.75) is 25.4 Å². The Bertz CT molecular complexity index is 141. The summed E-state index contributed by atoms with van der Waals surface area (Å²) in [5, 5.41) is 9.20. The van der Waals surface area contributed by atoms with Gasteiger partial charge in [-0.15, -0.1) is 6.58 Å². The molecule has 0 rings (SSSR count). The molecule has 0 aliphatic carbocycles. The van der Waals surface area contributed by atoms with Crippen LogP contribution in [0.3, 0.4) is 0 Å². The molecule has 0 saturated heterocycles. The molecule has 0 radical (unpaired) electrons. The van der Waals surface area contributed by atoms with Crippen LogP contribution in [0, 0.1) is 0 Å². The Morgan fingerprint density at radius 3 is 2.70 bits per heavy atom. The Labute approximate surface area is 60.5 Å². The van der Waals surface area contributed by atoms with Crippen LogP contribution in [0.2, 0.25) is 0 Å². The fourth-order valence-electron chi connectivity index (χ4n) is 0.506. The number of primary amides is 1. The van der Waals surface area contributed by atoms with Crippen molar-refractivity contribution in [3.05, 3.63) is 12.7 Å². The average Bonchev–Trinajstić information content (AvgIpc) is 1.84. The minimum absolute atomic E-state index is 0.339. The number of aliphatic hydroxyl groups is 1. The van der Waals surface area contributed by atoms with E-state index in [2.05, 4.69) is 6.58 Å². The van der Waals surface area contributed by atoms with Gasteiger partial charge in [-0.1, -0.05) is 6.08 Å². The fraction of sp³-hybridized carbons (Fsp3) is 0.571. The first kappa shape index (κ1) is 9.17.